The van der Waals surface area contributed by atoms with Crippen LogP contribution in [-0.2, 0) is 0 Å². The first kappa shape index (κ1) is 11.2. The van der Waals surface area contributed by atoms with E-state index in [-0.39, 0.29) is 0 Å². The molecule has 1 fully saturated rings. The standard InChI is InChI=1S/C15H26/c1-11-7-8-13-14(3,4)9-6-10-15(13,5)12(11)2/h7,12-13H,6,8-10H2,1-5H3. The van der Waals surface area contributed by atoms with Gasteiger partial charge in [0.25, 0.3) is 0 Å². The lowest BCUT2D eigenvalue weighted by atomic mass is 9.49. The maximum absolute atomic E-state index is 2.54. The summed E-state index contributed by atoms with van der Waals surface area (Å²) in [5, 5.41) is 0. The molecule has 15 heavy (non-hydrogen) atoms. The van der Waals surface area contributed by atoms with Gasteiger partial charge in [-0.1, -0.05) is 45.8 Å². The Bertz CT molecular complexity index is 284. The lowest BCUT2D eigenvalue weighted by Crippen LogP contribution is -2.47. The molecule has 86 valence electrons. The van der Waals surface area contributed by atoms with E-state index < -0.39 is 0 Å². The molecule has 0 nitrogen and oxygen atoms in total. The van der Waals surface area contributed by atoms with Crippen molar-refractivity contribution >= 4 is 0 Å². The minimum Gasteiger partial charge on any atom is -0.0850 e. The highest BCUT2D eigenvalue weighted by molar-refractivity contribution is 5.16. The van der Waals surface area contributed by atoms with E-state index in [0.29, 0.717) is 10.8 Å². The summed E-state index contributed by atoms with van der Waals surface area (Å²) in [7, 11) is 0. The lowest BCUT2D eigenvalue weighted by molar-refractivity contribution is -0.0318. The van der Waals surface area contributed by atoms with Crippen molar-refractivity contribution in [1.29, 1.82) is 0 Å². The Labute approximate surface area is 95.1 Å². The summed E-state index contributed by atoms with van der Waals surface area (Å²) >= 11 is 0. The summed E-state index contributed by atoms with van der Waals surface area (Å²) < 4.78 is 0. The van der Waals surface area contributed by atoms with Gasteiger partial charge in [-0.15, -0.1) is 0 Å². The highest BCUT2D eigenvalue weighted by Gasteiger charge is 2.50. The van der Waals surface area contributed by atoms with Crippen LogP contribution < -0.4 is 0 Å². The number of rotatable bonds is 0. The lowest BCUT2D eigenvalue weighted by Gasteiger charge is -2.56. The Kier molecular flexibility index (Phi) is 2.52. The molecule has 0 aromatic heterocycles. The summed E-state index contributed by atoms with van der Waals surface area (Å²) in [6, 6.07) is 0. The smallest absolute Gasteiger partial charge is 0.0177 e. The van der Waals surface area contributed by atoms with Crippen molar-refractivity contribution in [3.8, 4) is 0 Å². The zero-order chi connectivity index (χ0) is 11.3. The minimum absolute atomic E-state index is 0.554. The van der Waals surface area contributed by atoms with Crippen molar-refractivity contribution < 1.29 is 0 Å². The molecule has 0 saturated heterocycles. The van der Waals surface area contributed by atoms with Crippen molar-refractivity contribution in [2.45, 2.75) is 60.3 Å². The largest absolute Gasteiger partial charge is 0.0850 e. The zero-order valence-electron chi connectivity index (χ0n) is 11.1. The molecule has 0 bridgehead atoms. The van der Waals surface area contributed by atoms with Crippen LogP contribution in [0.3, 0.4) is 0 Å². The van der Waals surface area contributed by atoms with Gasteiger partial charge in [0.1, 0.15) is 0 Å². The van der Waals surface area contributed by atoms with Gasteiger partial charge in [0, 0.05) is 0 Å². The van der Waals surface area contributed by atoms with E-state index in [0.717, 1.165) is 11.8 Å². The van der Waals surface area contributed by atoms with Crippen molar-refractivity contribution in [1.82, 2.24) is 0 Å². The topological polar surface area (TPSA) is 0 Å². The van der Waals surface area contributed by atoms with Crippen LogP contribution >= 0.6 is 0 Å². The van der Waals surface area contributed by atoms with Gasteiger partial charge in [0.15, 0.2) is 0 Å². The molecule has 0 heteroatoms. The van der Waals surface area contributed by atoms with Gasteiger partial charge in [-0.2, -0.15) is 0 Å². The summed E-state index contributed by atoms with van der Waals surface area (Å²) in [5.74, 6) is 1.69. The van der Waals surface area contributed by atoms with E-state index in [4.69, 9.17) is 0 Å². The zero-order valence-corrected chi connectivity index (χ0v) is 11.1. The molecule has 0 heterocycles. The van der Waals surface area contributed by atoms with Gasteiger partial charge in [-0.05, 0) is 48.9 Å². The van der Waals surface area contributed by atoms with Crippen molar-refractivity contribution in [3.63, 3.8) is 0 Å². The average Bonchev–Trinajstić information content (AvgIpc) is 2.12. The van der Waals surface area contributed by atoms with Gasteiger partial charge in [0.05, 0.1) is 0 Å². The Hall–Kier alpha value is -0.260. The van der Waals surface area contributed by atoms with Crippen molar-refractivity contribution in [2.75, 3.05) is 0 Å². The molecule has 2 aliphatic carbocycles. The Morgan fingerprint density at radius 2 is 1.87 bits per heavy atom. The monoisotopic (exact) mass is 206 g/mol. The van der Waals surface area contributed by atoms with Gasteiger partial charge >= 0.3 is 0 Å². The molecule has 0 N–H and O–H groups in total. The summed E-state index contributed by atoms with van der Waals surface area (Å²) in [6.07, 6.45) is 8.11. The maximum Gasteiger partial charge on any atom is -0.0177 e. The summed E-state index contributed by atoms with van der Waals surface area (Å²) in [5.41, 5.74) is 2.76. The number of hydrogen-bond donors (Lipinski definition) is 0. The van der Waals surface area contributed by atoms with Crippen LogP contribution in [0.1, 0.15) is 60.3 Å². The molecule has 0 aliphatic heterocycles. The SMILES string of the molecule is CC1=CCC2C(C)(C)CCCC2(C)C1C. The molecule has 0 aromatic rings. The van der Waals surface area contributed by atoms with Crippen LogP contribution in [0.5, 0.6) is 0 Å². The van der Waals surface area contributed by atoms with Crippen LogP contribution in [0.25, 0.3) is 0 Å². The van der Waals surface area contributed by atoms with Crippen molar-refractivity contribution in [3.05, 3.63) is 11.6 Å². The molecular weight excluding hydrogens is 180 g/mol. The minimum atomic E-state index is 0.554. The highest BCUT2D eigenvalue weighted by atomic mass is 14.5. The fourth-order valence-electron chi connectivity index (χ4n) is 4.27. The first-order valence-electron chi connectivity index (χ1n) is 6.54. The average molecular weight is 206 g/mol. The Morgan fingerprint density at radius 3 is 2.53 bits per heavy atom. The maximum atomic E-state index is 2.54. The molecule has 3 unspecified atom stereocenters. The van der Waals surface area contributed by atoms with Gasteiger partial charge in [-0.25, -0.2) is 0 Å². The van der Waals surface area contributed by atoms with Gasteiger partial charge in [0.2, 0.25) is 0 Å². The predicted molar refractivity (Wildman–Crippen MR) is 66.8 cm³/mol. The second-order valence-corrected chi connectivity index (χ2v) is 6.81. The van der Waals surface area contributed by atoms with Crippen LogP contribution in [-0.4, -0.2) is 0 Å². The van der Waals surface area contributed by atoms with Crippen LogP contribution in [0.2, 0.25) is 0 Å². The third kappa shape index (κ3) is 1.57. The van der Waals surface area contributed by atoms with Crippen LogP contribution in [0, 0.1) is 22.7 Å². The molecule has 0 aromatic carbocycles. The van der Waals surface area contributed by atoms with E-state index in [1.807, 2.05) is 0 Å². The molecule has 0 radical (unpaired) electrons. The van der Waals surface area contributed by atoms with Crippen LogP contribution in [0.4, 0.5) is 0 Å². The number of fused-ring (bicyclic) bond motifs is 1. The Balaban J connectivity index is 2.38. The van der Waals surface area contributed by atoms with Gasteiger partial charge < -0.3 is 0 Å². The van der Waals surface area contributed by atoms with E-state index in [1.54, 1.807) is 5.57 Å². The molecule has 3 atom stereocenters. The molecule has 0 spiro atoms. The van der Waals surface area contributed by atoms with E-state index in [9.17, 15) is 0 Å². The summed E-state index contributed by atoms with van der Waals surface area (Å²) in [6.45, 7) is 12.3. The molecular formula is C15H26. The highest BCUT2D eigenvalue weighted by Crippen LogP contribution is 2.59. The molecule has 1 saturated carbocycles. The number of allylic oxidation sites excluding steroid dienone is 2. The summed E-state index contributed by atoms with van der Waals surface area (Å²) in [4.78, 5) is 0. The van der Waals surface area contributed by atoms with E-state index in [2.05, 4.69) is 40.7 Å². The fourth-order valence-corrected chi connectivity index (χ4v) is 4.27. The molecule has 2 rings (SSSR count). The first-order valence-corrected chi connectivity index (χ1v) is 6.54. The van der Waals surface area contributed by atoms with E-state index >= 15 is 0 Å². The third-order valence-electron chi connectivity index (χ3n) is 5.62. The van der Waals surface area contributed by atoms with Crippen molar-refractivity contribution in [2.24, 2.45) is 22.7 Å². The normalized spacial score (nSPS) is 44.5. The molecule has 2 aliphatic rings. The number of hydrogen-bond acceptors (Lipinski definition) is 0. The fraction of sp³-hybridized carbons (Fsp3) is 0.867. The van der Waals surface area contributed by atoms with E-state index in [1.165, 1.54) is 25.7 Å². The molecule has 0 amide bonds. The van der Waals surface area contributed by atoms with Crippen LogP contribution in [0.15, 0.2) is 11.6 Å². The third-order valence-corrected chi connectivity index (χ3v) is 5.62. The first-order chi connectivity index (χ1) is 6.88. The second kappa shape index (κ2) is 3.37. The Morgan fingerprint density at radius 1 is 1.20 bits per heavy atom. The quantitative estimate of drug-likeness (QED) is 0.499. The second-order valence-electron chi connectivity index (χ2n) is 6.81. The predicted octanol–water partition coefficient (Wildman–Crippen LogP) is 4.81. The van der Waals surface area contributed by atoms with Gasteiger partial charge in [-0.3, -0.25) is 0 Å².